The van der Waals surface area contributed by atoms with E-state index in [4.69, 9.17) is 10.5 Å². The number of anilines is 3. The smallest absolute Gasteiger partial charge is 0.378 e. The fraction of sp³-hybridized carbons (Fsp3) is 0.727. The Kier molecular flexibility index (Phi) is 4.66. The van der Waals surface area contributed by atoms with Crippen LogP contribution in [-0.2, 0) is 4.74 Å². The first-order valence-electron chi connectivity index (χ1n) is 6.55. The Balaban J connectivity index is 2.24. The van der Waals surface area contributed by atoms with Crippen molar-refractivity contribution >= 4 is 17.8 Å². The summed E-state index contributed by atoms with van der Waals surface area (Å²) in [6.45, 7) is 2.74. The Morgan fingerprint density at radius 2 is 1.90 bits per heavy atom. The van der Waals surface area contributed by atoms with Crippen LogP contribution in [0.25, 0.3) is 0 Å². The number of alkyl halides is 3. The highest BCUT2D eigenvalue weighted by atomic mass is 19.4. The first kappa shape index (κ1) is 15.5. The predicted molar refractivity (Wildman–Crippen MR) is 71.2 cm³/mol. The molecule has 7 nitrogen and oxygen atoms in total. The van der Waals surface area contributed by atoms with Gasteiger partial charge >= 0.3 is 6.18 Å². The van der Waals surface area contributed by atoms with Crippen molar-refractivity contribution in [3.05, 3.63) is 0 Å². The molecule has 1 aromatic rings. The van der Waals surface area contributed by atoms with E-state index in [2.05, 4.69) is 15.0 Å². The molecule has 0 bridgehead atoms. The van der Waals surface area contributed by atoms with Crippen LogP contribution in [0.4, 0.5) is 31.0 Å². The number of nitrogen functional groups attached to an aromatic ring is 1. The zero-order valence-electron chi connectivity index (χ0n) is 11.6. The molecule has 2 N–H and O–H groups in total. The van der Waals surface area contributed by atoms with E-state index >= 15 is 0 Å². The van der Waals surface area contributed by atoms with Crippen LogP contribution in [0.3, 0.4) is 0 Å². The highest BCUT2D eigenvalue weighted by Gasteiger charge is 2.32. The lowest BCUT2D eigenvalue weighted by molar-refractivity contribution is -0.119. The zero-order valence-corrected chi connectivity index (χ0v) is 11.6. The Hall–Kier alpha value is -1.84. The van der Waals surface area contributed by atoms with E-state index in [1.54, 1.807) is 6.92 Å². The van der Waals surface area contributed by atoms with E-state index in [9.17, 15) is 13.2 Å². The number of rotatable bonds is 4. The lowest BCUT2D eigenvalue weighted by Crippen LogP contribution is -2.39. The summed E-state index contributed by atoms with van der Waals surface area (Å²) in [5.74, 6) is 0.118. The van der Waals surface area contributed by atoms with Crippen molar-refractivity contribution in [3.8, 4) is 0 Å². The quantitative estimate of drug-likeness (QED) is 0.876. The van der Waals surface area contributed by atoms with Crippen molar-refractivity contribution in [1.29, 1.82) is 0 Å². The van der Waals surface area contributed by atoms with E-state index in [1.165, 1.54) is 0 Å². The molecule has 1 saturated heterocycles. The molecule has 0 aromatic carbocycles. The molecule has 21 heavy (non-hydrogen) atoms. The number of nitrogens with zero attached hydrogens (tertiary/aromatic N) is 5. The molecular formula is C11H17F3N6O. The molecule has 10 heteroatoms. The van der Waals surface area contributed by atoms with E-state index in [-0.39, 0.29) is 24.4 Å². The summed E-state index contributed by atoms with van der Waals surface area (Å²) in [7, 11) is 0. The Morgan fingerprint density at radius 1 is 1.24 bits per heavy atom. The maximum atomic E-state index is 12.6. The lowest BCUT2D eigenvalue weighted by atomic mass is 10.4. The maximum Gasteiger partial charge on any atom is 0.406 e. The van der Waals surface area contributed by atoms with Gasteiger partial charge < -0.3 is 20.3 Å². The molecule has 1 fully saturated rings. The molecule has 2 heterocycles. The van der Waals surface area contributed by atoms with Crippen molar-refractivity contribution in [2.24, 2.45) is 0 Å². The second-order valence-electron chi connectivity index (χ2n) is 4.52. The Labute approximate surface area is 119 Å². The number of aromatic nitrogens is 3. The highest BCUT2D eigenvalue weighted by molar-refractivity contribution is 5.43. The molecule has 0 unspecified atom stereocenters. The van der Waals surface area contributed by atoms with Crippen molar-refractivity contribution in [3.63, 3.8) is 0 Å². The zero-order chi connectivity index (χ0) is 15.5. The molecule has 2 rings (SSSR count). The monoisotopic (exact) mass is 306 g/mol. The fourth-order valence-electron chi connectivity index (χ4n) is 1.96. The van der Waals surface area contributed by atoms with Gasteiger partial charge in [0.1, 0.15) is 6.54 Å². The summed E-state index contributed by atoms with van der Waals surface area (Å²) in [6, 6.07) is 0. The van der Waals surface area contributed by atoms with Gasteiger partial charge in [-0.05, 0) is 6.92 Å². The number of hydrogen-bond donors (Lipinski definition) is 1. The second-order valence-corrected chi connectivity index (χ2v) is 4.52. The van der Waals surface area contributed by atoms with Crippen LogP contribution in [0.1, 0.15) is 6.92 Å². The van der Waals surface area contributed by atoms with Gasteiger partial charge in [0.2, 0.25) is 17.8 Å². The summed E-state index contributed by atoms with van der Waals surface area (Å²) >= 11 is 0. The van der Waals surface area contributed by atoms with Crippen LogP contribution in [0.5, 0.6) is 0 Å². The molecule has 0 aliphatic carbocycles. The van der Waals surface area contributed by atoms with E-state index < -0.39 is 12.7 Å². The standard InChI is InChI=1S/C11H17F3N6O/c1-2-19(7-11(12,13)14)9-16-8(15)17-10(18-9)20-3-5-21-6-4-20/h2-7H2,1H3,(H2,15,16,17,18). The normalized spacial score (nSPS) is 16.1. The van der Waals surface area contributed by atoms with Crippen LogP contribution in [-0.4, -0.2) is 60.5 Å². The van der Waals surface area contributed by atoms with Gasteiger partial charge in [0, 0.05) is 19.6 Å². The van der Waals surface area contributed by atoms with Crippen molar-refractivity contribution in [2.45, 2.75) is 13.1 Å². The van der Waals surface area contributed by atoms with Gasteiger partial charge in [-0.15, -0.1) is 0 Å². The highest BCUT2D eigenvalue weighted by Crippen LogP contribution is 2.21. The van der Waals surface area contributed by atoms with Crippen LogP contribution in [0.2, 0.25) is 0 Å². The largest absolute Gasteiger partial charge is 0.406 e. The molecule has 0 saturated carbocycles. The second kappa shape index (κ2) is 6.29. The van der Waals surface area contributed by atoms with Gasteiger partial charge in [0.15, 0.2) is 0 Å². The van der Waals surface area contributed by atoms with Crippen LogP contribution in [0.15, 0.2) is 0 Å². The van der Waals surface area contributed by atoms with Crippen LogP contribution in [0, 0.1) is 0 Å². The number of morpholine rings is 1. The summed E-state index contributed by atoms with van der Waals surface area (Å²) < 4.78 is 42.9. The fourth-order valence-corrected chi connectivity index (χ4v) is 1.96. The molecule has 0 spiro atoms. The van der Waals surface area contributed by atoms with E-state index in [0.717, 1.165) is 4.90 Å². The van der Waals surface area contributed by atoms with Gasteiger partial charge in [-0.25, -0.2) is 0 Å². The lowest BCUT2D eigenvalue weighted by Gasteiger charge is -2.28. The SMILES string of the molecule is CCN(CC(F)(F)F)c1nc(N)nc(N2CCOCC2)n1. The average molecular weight is 306 g/mol. The van der Waals surface area contributed by atoms with E-state index in [1.807, 2.05) is 4.90 Å². The van der Waals surface area contributed by atoms with Crippen molar-refractivity contribution in [2.75, 3.05) is 54.9 Å². The topological polar surface area (TPSA) is 80.4 Å². The minimum absolute atomic E-state index is 0.0659. The van der Waals surface area contributed by atoms with E-state index in [0.29, 0.717) is 26.3 Å². The summed E-state index contributed by atoms with van der Waals surface area (Å²) in [5.41, 5.74) is 5.59. The van der Waals surface area contributed by atoms with Gasteiger partial charge in [0.25, 0.3) is 0 Å². The summed E-state index contributed by atoms with van der Waals surface area (Å²) in [5, 5.41) is 0. The van der Waals surface area contributed by atoms with Crippen molar-refractivity contribution < 1.29 is 17.9 Å². The maximum absolute atomic E-state index is 12.6. The van der Waals surface area contributed by atoms with Crippen LogP contribution < -0.4 is 15.5 Å². The number of ether oxygens (including phenoxy) is 1. The molecule has 1 aliphatic rings. The van der Waals surface area contributed by atoms with Gasteiger partial charge in [-0.3, -0.25) is 0 Å². The number of hydrogen-bond acceptors (Lipinski definition) is 7. The van der Waals surface area contributed by atoms with Gasteiger partial charge in [0.05, 0.1) is 13.2 Å². The third-order valence-corrected chi connectivity index (χ3v) is 2.96. The Morgan fingerprint density at radius 3 is 2.48 bits per heavy atom. The predicted octanol–water partition coefficient (Wildman–Crippen LogP) is 0.679. The first-order chi connectivity index (χ1) is 9.89. The molecule has 1 aromatic heterocycles. The summed E-state index contributed by atoms with van der Waals surface area (Å²) in [4.78, 5) is 14.7. The molecular weight excluding hydrogens is 289 g/mol. The number of halogens is 3. The Bertz CT molecular complexity index is 478. The minimum atomic E-state index is -4.34. The summed E-state index contributed by atoms with van der Waals surface area (Å²) in [6.07, 6.45) is -4.34. The first-order valence-corrected chi connectivity index (χ1v) is 6.55. The number of nitrogens with two attached hydrogens (primary N) is 1. The minimum Gasteiger partial charge on any atom is -0.378 e. The van der Waals surface area contributed by atoms with Gasteiger partial charge in [-0.1, -0.05) is 0 Å². The molecule has 0 radical (unpaired) electrons. The molecule has 1 aliphatic heterocycles. The molecule has 118 valence electrons. The molecule has 0 atom stereocenters. The third-order valence-electron chi connectivity index (χ3n) is 2.96. The average Bonchev–Trinajstić information content (AvgIpc) is 2.44. The van der Waals surface area contributed by atoms with Crippen LogP contribution >= 0.6 is 0 Å². The van der Waals surface area contributed by atoms with Crippen molar-refractivity contribution in [1.82, 2.24) is 15.0 Å². The third kappa shape index (κ3) is 4.31. The van der Waals surface area contributed by atoms with Gasteiger partial charge in [-0.2, -0.15) is 28.1 Å². The molecule has 0 amide bonds.